The van der Waals surface area contributed by atoms with Crippen LogP contribution in [0.1, 0.15) is 22.3 Å². The van der Waals surface area contributed by atoms with E-state index in [4.69, 9.17) is 9.11 Å². The topological polar surface area (TPSA) is 122 Å². The average molecular weight is 977 g/mol. The molecule has 7 aromatic rings. The molecule has 10 nitrogen and oxygen atoms in total. The number of benzene rings is 2. The molecule has 7 heterocycles. The van der Waals surface area contributed by atoms with Crippen LogP contribution < -0.4 is 0 Å². The first-order valence-corrected chi connectivity index (χ1v) is 27.0. The third kappa shape index (κ3) is 12.6. The summed E-state index contributed by atoms with van der Waals surface area (Å²) in [4.78, 5) is 20.3. The molecule has 0 spiro atoms. The van der Waals surface area contributed by atoms with Crippen LogP contribution in [-0.4, -0.2) is 86.1 Å². The fraction of sp³-hybridized carbons (Fsp3) is 0.217. The summed E-state index contributed by atoms with van der Waals surface area (Å²) in [6.45, 7) is 7.69. The van der Waals surface area contributed by atoms with E-state index < -0.39 is 20.2 Å². The average Bonchev–Trinajstić information content (AvgIpc) is 4.09. The van der Waals surface area contributed by atoms with E-state index in [1.807, 2.05) is 70.5 Å². The minimum Gasteiger partial charge on any atom is -0.362 e. The van der Waals surface area contributed by atoms with Crippen LogP contribution in [0.15, 0.2) is 142 Å². The molecule has 5 aromatic heterocycles. The Morgan fingerprint density at radius 3 is 1.22 bits per heavy atom. The van der Waals surface area contributed by atoms with Crippen LogP contribution in [0.5, 0.6) is 0 Å². The summed E-state index contributed by atoms with van der Waals surface area (Å²) < 4.78 is 59.1. The summed E-state index contributed by atoms with van der Waals surface area (Å²) in [6.07, 6.45) is 10.9. The van der Waals surface area contributed by atoms with Crippen LogP contribution in [-0.2, 0) is 33.1 Å². The number of aryl methyl sites for hydroxylation is 2. The molecule has 0 saturated heterocycles. The predicted octanol–water partition coefficient (Wildman–Crippen LogP) is 11.6. The highest BCUT2D eigenvalue weighted by atomic mass is 32.2. The number of hydrogen-bond donors (Lipinski definition) is 2. The summed E-state index contributed by atoms with van der Waals surface area (Å²) in [6, 6.07) is 30.4. The maximum absolute atomic E-state index is 10.5. The summed E-state index contributed by atoms with van der Waals surface area (Å²) in [5.74, 6) is 0. The van der Waals surface area contributed by atoms with Crippen LogP contribution in [0.3, 0.4) is 0 Å². The van der Waals surface area contributed by atoms with Gasteiger partial charge < -0.3 is 19.6 Å². The zero-order valence-corrected chi connectivity index (χ0v) is 40.8. The van der Waals surface area contributed by atoms with Crippen molar-refractivity contribution in [2.75, 3.05) is 40.5 Å². The Bertz CT molecular complexity index is 2670. The van der Waals surface area contributed by atoms with Gasteiger partial charge in [0.15, 0.2) is 0 Å². The van der Waals surface area contributed by atoms with E-state index in [9.17, 15) is 16.8 Å². The molecule has 2 aliphatic rings. The Kier molecular flexibility index (Phi) is 15.1. The zero-order valence-electron chi connectivity index (χ0n) is 35.1. The Balaban J connectivity index is 0.000000221. The third-order valence-corrected chi connectivity index (χ3v) is 17.7. The highest BCUT2D eigenvalue weighted by Crippen LogP contribution is 2.47. The molecule has 0 fully saturated rings. The van der Waals surface area contributed by atoms with Gasteiger partial charge in [0.1, 0.15) is 0 Å². The lowest BCUT2D eigenvalue weighted by Crippen LogP contribution is -2.24. The van der Waals surface area contributed by atoms with Gasteiger partial charge in [0, 0.05) is 91.0 Å². The first kappa shape index (κ1) is 46.4. The van der Waals surface area contributed by atoms with Gasteiger partial charge in [-0.25, -0.2) is 0 Å². The van der Waals surface area contributed by atoms with Crippen molar-refractivity contribution in [3.05, 3.63) is 155 Å². The monoisotopic (exact) mass is 976 g/mol. The van der Waals surface area contributed by atoms with Crippen molar-refractivity contribution in [2.45, 2.75) is 36.5 Å². The molecule has 63 heavy (non-hydrogen) atoms. The molecule has 2 N–H and O–H groups in total. The summed E-state index contributed by atoms with van der Waals surface area (Å²) in [5, 5.41) is 4.37. The number of hydrogen-bond acceptors (Lipinski definition) is 13. The summed E-state index contributed by atoms with van der Waals surface area (Å²) in [5.41, 5.74) is 4.84. The van der Waals surface area contributed by atoms with Crippen molar-refractivity contribution in [1.82, 2.24) is 19.6 Å². The molecule has 2 aliphatic heterocycles. The van der Waals surface area contributed by atoms with Crippen LogP contribution in [0.4, 0.5) is 0 Å². The molecular weight excluding hydrogens is 929 g/mol. The first-order chi connectivity index (χ1) is 30.1. The fourth-order valence-corrected chi connectivity index (χ4v) is 13.1. The first-order valence-electron chi connectivity index (χ1n) is 19.9. The smallest absolute Gasteiger partial charge is 0.294 e. The lowest BCUT2D eigenvalue weighted by molar-refractivity contribution is 0.299. The Labute approximate surface area is 390 Å². The van der Waals surface area contributed by atoms with E-state index in [-0.39, 0.29) is 9.79 Å². The van der Waals surface area contributed by atoms with Crippen molar-refractivity contribution in [2.24, 2.45) is 0 Å². The number of rotatable bonds is 12. The van der Waals surface area contributed by atoms with Gasteiger partial charge in [-0.2, -0.15) is 16.8 Å². The van der Waals surface area contributed by atoms with Crippen LogP contribution in [0, 0.1) is 13.8 Å². The van der Waals surface area contributed by atoms with Gasteiger partial charge in [-0.1, -0.05) is 47.5 Å². The Morgan fingerprint density at radius 2 is 0.905 bits per heavy atom. The molecule has 0 amide bonds. The van der Waals surface area contributed by atoms with Gasteiger partial charge in [-0.05, 0) is 109 Å². The summed E-state index contributed by atoms with van der Waals surface area (Å²) >= 11 is 9.54. The van der Waals surface area contributed by atoms with E-state index in [0.717, 1.165) is 50.4 Å². The van der Waals surface area contributed by atoms with Crippen molar-refractivity contribution in [3.63, 3.8) is 0 Å². The minimum atomic E-state index is -4.02. The lowest BCUT2D eigenvalue weighted by atomic mass is 10.1. The normalized spacial score (nSPS) is 13.7. The molecule has 0 aliphatic carbocycles. The van der Waals surface area contributed by atoms with Gasteiger partial charge in [-0.3, -0.25) is 9.11 Å². The van der Waals surface area contributed by atoms with E-state index >= 15 is 0 Å². The standard InChI is InChI=1S/C32H32N4S5.2C7H8O3S/c1-33-13-15-35(21-33)11-9-23-19-29(25-5-3-17-37-25)40-31(23)27-7-8-28(39-27)32-24(10-12-36-16-14-34(2)22-36)20-30(41-32)26-6-4-18-38-26;2*1-6-2-4-7(5-3-6)11(8,9)10/h3-8,13-20H,9-12,21-22H2,1-2H3;2*2-5H,1H3,(H,8,9,10). The predicted molar refractivity (Wildman–Crippen MR) is 264 cm³/mol. The maximum Gasteiger partial charge on any atom is 0.294 e. The number of thiophene rings is 5. The van der Waals surface area contributed by atoms with Crippen molar-refractivity contribution >= 4 is 76.9 Å². The third-order valence-electron chi connectivity index (χ3n) is 10.0. The number of nitrogens with zero attached hydrogens (tertiary/aromatic N) is 4. The fourth-order valence-electron chi connectivity index (χ4n) is 6.73. The van der Waals surface area contributed by atoms with Gasteiger partial charge in [0.2, 0.25) is 0 Å². The lowest BCUT2D eigenvalue weighted by Gasteiger charge is -2.18. The second kappa shape index (κ2) is 20.5. The minimum absolute atomic E-state index is 0.0666. The molecule has 0 unspecified atom stereocenters. The largest absolute Gasteiger partial charge is 0.362 e. The van der Waals surface area contributed by atoms with E-state index in [2.05, 4.69) is 118 Å². The van der Waals surface area contributed by atoms with Crippen molar-refractivity contribution in [1.29, 1.82) is 0 Å². The van der Waals surface area contributed by atoms with Crippen molar-refractivity contribution in [3.8, 4) is 39.0 Å². The SMILES string of the molecule is CN1C=CN(CCc2cc(-c3cccs3)sc2-c2ccc(-c3sc(-c4cccs4)cc3CCN3C=CN(C)C3)s2)C1.Cc1ccc(S(=O)(=O)O)cc1.Cc1ccc(S(=O)(=O)O)cc1. The Morgan fingerprint density at radius 1 is 0.508 bits per heavy atom. The second-order valence-corrected chi connectivity index (χ2v) is 23.1. The van der Waals surface area contributed by atoms with Crippen LogP contribution in [0.2, 0.25) is 0 Å². The van der Waals surface area contributed by atoms with Crippen LogP contribution >= 0.6 is 56.7 Å². The van der Waals surface area contributed by atoms with E-state index in [1.165, 1.54) is 74.4 Å². The van der Waals surface area contributed by atoms with E-state index in [1.54, 1.807) is 24.3 Å². The molecule has 0 atom stereocenters. The van der Waals surface area contributed by atoms with Gasteiger partial charge >= 0.3 is 0 Å². The molecular formula is C46H48N4O6S7. The highest BCUT2D eigenvalue weighted by molar-refractivity contribution is 7.86. The highest BCUT2D eigenvalue weighted by Gasteiger charge is 2.21. The van der Waals surface area contributed by atoms with Gasteiger partial charge in [0.25, 0.3) is 20.2 Å². The van der Waals surface area contributed by atoms with Gasteiger partial charge in [-0.15, -0.1) is 56.7 Å². The maximum atomic E-state index is 10.5. The molecule has 0 saturated carbocycles. The van der Waals surface area contributed by atoms with Crippen LogP contribution in [0.25, 0.3) is 39.0 Å². The molecule has 0 radical (unpaired) electrons. The van der Waals surface area contributed by atoms with E-state index in [0.29, 0.717) is 0 Å². The molecule has 330 valence electrons. The molecule has 0 bridgehead atoms. The second-order valence-electron chi connectivity index (χ2n) is 15.1. The molecule has 2 aromatic carbocycles. The summed E-state index contributed by atoms with van der Waals surface area (Å²) in [7, 11) is -3.77. The van der Waals surface area contributed by atoms with Gasteiger partial charge in [0.05, 0.1) is 23.1 Å². The van der Waals surface area contributed by atoms with Crippen molar-refractivity contribution < 1.29 is 25.9 Å². The molecule has 9 rings (SSSR count). The zero-order chi connectivity index (χ0) is 44.7. The molecule has 17 heteroatoms. The Hall–Kier alpha value is -4.56. The quantitative estimate of drug-likeness (QED) is 0.114.